The van der Waals surface area contributed by atoms with Gasteiger partial charge in [-0.15, -0.1) is 24.8 Å². The van der Waals surface area contributed by atoms with E-state index < -0.39 is 0 Å². The lowest BCUT2D eigenvalue weighted by molar-refractivity contribution is -0.131. The highest BCUT2D eigenvalue weighted by atomic mass is 35.5. The number of hydrogen-bond acceptors (Lipinski definition) is 3. The van der Waals surface area contributed by atoms with E-state index in [9.17, 15) is 4.79 Å². The van der Waals surface area contributed by atoms with Crippen LogP contribution in [0, 0.1) is 5.92 Å². The Hall–Kier alpha value is -0.970. The Morgan fingerprint density at radius 3 is 2.78 bits per heavy atom. The van der Waals surface area contributed by atoms with Gasteiger partial charge in [0.25, 0.3) is 0 Å². The summed E-state index contributed by atoms with van der Waals surface area (Å²) in [5, 5.41) is 3.37. The molecule has 0 bridgehead atoms. The average molecular weight is 360 g/mol. The molecule has 2 aliphatic rings. The van der Waals surface area contributed by atoms with Crippen molar-refractivity contribution in [3.05, 3.63) is 29.8 Å². The Kier molecular flexibility index (Phi) is 8.17. The zero-order chi connectivity index (χ0) is 14.7. The van der Waals surface area contributed by atoms with Gasteiger partial charge in [-0.05, 0) is 43.5 Å². The first kappa shape index (κ1) is 20.1. The molecule has 3 rings (SSSR count). The fourth-order valence-corrected chi connectivity index (χ4v) is 3.35. The summed E-state index contributed by atoms with van der Waals surface area (Å²) in [4.78, 5) is 16.8. The predicted molar refractivity (Wildman–Crippen MR) is 99.8 cm³/mol. The third kappa shape index (κ3) is 5.00. The largest absolute Gasteiger partial charge is 0.373 e. The first-order valence-electron chi connectivity index (χ1n) is 8.01. The number of fused-ring (bicyclic) bond motifs is 1. The first-order chi connectivity index (χ1) is 10.2. The Bertz CT molecular complexity index is 506. The number of anilines is 1. The smallest absolute Gasteiger partial charge is 0.222 e. The maximum absolute atomic E-state index is 12.5. The van der Waals surface area contributed by atoms with Crippen LogP contribution in [0.2, 0.25) is 0 Å². The zero-order valence-corrected chi connectivity index (χ0v) is 15.3. The van der Waals surface area contributed by atoms with Gasteiger partial charge in [0, 0.05) is 38.8 Å². The van der Waals surface area contributed by atoms with E-state index in [2.05, 4.69) is 41.5 Å². The van der Waals surface area contributed by atoms with Crippen LogP contribution in [-0.2, 0) is 11.3 Å². The van der Waals surface area contributed by atoms with Crippen LogP contribution in [0.25, 0.3) is 0 Å². The van der Waals surface area contributed by atoms with Crippen molar-refractivity contribution >= 4 is 36.4 Å². The Balaban J connectivity index is 0.00000132. The number of hydrogen-bond donors (Lipinski definition) is 1. The Labute approximate surface area is 151 Å². The summed E-state index contributed by atoms with van der Waals surface area (Å²) >= 11 is 0. The first-order valence-corrected chi connectivity index (χ1v) is 8.01. The van der Waals surface area contributed by atoms with Crippen molar-refractivity contribution in [1.29, 1.82) is 0 Å². The van der Waals surface area contributed by atoms with E-state index in [0.29, 0.717) is 18.2 Å². The van der Waals surface area contributed by atoms with Gasteiger partial charge in [0.2, 0.25) is 5.91 Å². The van der Waals surface area contributed by atoms with Crippen LogP contribution in [0.1, 0.15) is 24.8 Å². The van der Waals surface area contributed by atoms with Crippen LogP contribution in [0.15, 0.2) is 24.3 Å². The second-order valence-corrected chi connectivity index (χ2v) is 6.26. The predicted octanol–water partition coefficient (Wildman–Crippen LogP) is 2.70. The number of carbonyl (C=O) groups excluding carboxylic acids is 1. The van der Waals surface area contributed by atoms with Crippen LogP contribution < -0.4 is 10.2 Å². The molecule has 1 N–H and O–H groups in total. The molecule has 1 unspecified atom stereocenters. The number of benzene rings is 1. The number of carbonyl (C=O) groups is 1. The third-order valence-corrected chi connectivity index (χ3v) is 4.75. The zero-order valence-electron chi connectivity index (χ0n) is 13.7. The molecule has 2 aliphatic heterocycles. The summed E-state index contributed by atoms with van der Waals surface area (Å²) in [6.07, 6.45) is 2.94. The molecule has 1 saturated heterocycles. The van der Waals surface area contributed by atoms with E-state index in [0.717, 1.165) is 39.1 Å². The summed E-state index contributed by atoms with van der Waals surface area (Å²) < 4.78 is 0. The molecular formula is C17H27Cl2N3O. The lowest BCUT2D eigenvalue weighted by Crippen LogP contribution is -2.34. The fraction of sp³-hybridized carbons (Fsp3) is 0.588. The molecule has 0 saturated carbocycles. The minimum atomic E-state index is 0. The van der Waals surface area contributed by atoms with Gasteiger partial charge < -0.3 is 15.1 Å². The number of amides is 1. The molecule has 1 amide bonds. The number of rotatable bonds is 3. The summed E-state index contributed by atoms with van der Waals surface area (Å²) in [6, 6.07) is 8.41. The monoisotopic (exact) mass is 359 g/mol. The maximum Gasteiger partial charge on any atom is 0.222 e. The van der Waals surface area contributed by atoms with Gasteiger partial charge in [0.15, 0.2) is 0 Å². The van der Waals surface area contributed by atoms with Gasteiger partial charge in [0.1, 0.15) is 0 Å². The standard InChI is InChI=1S/C17H25N3O.2ClH/c1-19-10-11-20(13-15-4-2-3-5-16(15)19)17(21)7-6-14-8-9-18-12-14;;/h2-5,14,18H,6-13H2,1H3;2*1H. The van der Waals surface area contributed by atoms with Crippen molar-refractivity contribution in [2.45, 2.75) is 25.8 Å². The van der Waals surface area contributed by atoms with E-state index in [-0.39, 0.29) is 24.8 Å². The van der Waals surface area contributed by atoms with Crippen molar-refractivity contribution in [3.8, 4) is 0 Å². The highest BCUT2D eigenvalue weighted by Crippen LogP contribution is 2.24. The van der Waals surface area contributed by atoms with E-state index in [4.69, 9.17) is 0 Å². The molecule has 2 heterocycles. The topological polar surface area (TPSA) is 35.6 Å². The molecule has 1 aromatic rings. The maximum atomic E-state index is 12.5. The summed E-state index contributed by atoms with van der Waals surface area (Å²) in [5.41, 5.74) is 2.51. The van der Waals surface area contributed by atoms with Crippen molar-refractivity contribution in [1.82, 2.24) is 10.2 Å². The van der Waals surface area contributed by atoms with E-state index in [1.54, 1.807) is 0 Å². The number of nitrogens with zero attached hydrogens (tertiary/aromatic N) is 2. The molecule has 0 aliphatic carbocycles. The molecule has 6 heteroatoms. The number of halogens is 2. The van der Waals surface area contributed by atoms with Crippen LogP contribution in [0.3, 0.4) is 0 Å². The molecular weight excluding hydrogens is 333 g/mol. The van der Waals surface area contributed by atoms with Gasteiger partial charge >= 0.3 is 0 Å². The lowest BCUT2D eigenvalue weighted by atomic mass is 10.0. The fourth-order valence-electron chi connectivity index (χ4n) is 3.35. The van der Waals surface area contributed by atoms with Crippen LogP contribution >= 0.6 is 24.8 Å². The third-order valence-electron chi connectivity index (χ3n) is 4.75. The highest BCUT2D eigenvalue weighted by Gasteiger charge is 2.22. The molecule has 4 nitrogen and oxygen atoms in total. The number of likely N-dealkylation sites (N-methyl/N-ethyl adjacent to an activating group) is 1. The van der Waals surface area contributed by atoms with Gasteiger partial charge in [0.05, 0.1) is 0 Å². The van der Waals surface area contributed by atoms with Crippen LogP contribution in [-0.4, -0.2) is 44.0 Å². The highest BCUT2D eigenvalue weighted by molar-refractivity contribution is 5.85. The van der Waals surface area contributed by atoms with E-state index in [1.807, 2.05) is 4.90 Å². The second-order valence-electron chi connectivity index (χ2n) is 6.26. The summed E-state index contributed by atoms with van der Waals surface area (Å²) in [7, 11) is 2.11. The van der Waals surface area contributed by atoms with Crippen molar-refractivity contribution in [2.24, 2.45) is 5.92 Å². The second kappa shape index (κ2) is 9.36. The number of nitrogens with one attached hydrogen (secondary N) is 1. The molecule has 0 aromatic heterocycles. The molecule has 0 spiro atoms. The Morgan fingerprint density at radius 1 is 1.26 bits per heavy atom. The van der Waals surface area contributed by atoms with Crippen molar-refractivity contribution in [3.63, 3.8) is 0 Å². The molecule has 1 atom stereocenters. The summed E-state index contributed by atoms with van der Waals surface area (Å²) in [5.74, 6) is 1.00. The van der Waals surface area contributed by atoms with Crippen LogP contribution in [0.4, 0.5) is 5.69 Å². The van der Waals surface area contributed by atoms with E-state index >= 15 is 0 Å². The molecule has 1 fully saturated rings. The quantitative estimate of drug-likeness (QED) is 0.900. The van der Waals surface area contributed by atoms with Gasteiger partial charge in [-0.25, -0.2) is 0 Å². The van der Waals surface area contributed by atoms with Gasteiger partial charge in [-0.3, -0.25) is 4.79 Å². The van der Waals surface area contributed by atoms with Crippen molar-refractivity contribution in [2.75, 3.05) is 38.1 Å². The molecule has 23 heavy (non-hydrogen) atoms. The molecule has 130 valence electrons. The molecule has 1 aromatic carbocycles. The average Bonchev–Trinajstić information content (AvgIpc) is 2.96. The lowest BCUT2D eigenvalue weighted by Gasteiger charge is -2.21. The van der Waals surface area contributed by atoms with Gasteiger partial charge in [-0.1, -0.05) is 18.2 Å². The number of para-hydroxylation sites is 1. The molecule has 0 radical (unpaired) electrons. The minimum Gasteiger partial charge on any atom is -0.373 e. The summed E-state index contributed by atoms with van der Waals surface area (Å²) in [6.45, 7) is 4.68. The SMILES string of the molecule is CN1CCN(C(=O)CCC2CCNC2)Cc2ccccc21.Cl.Cl. The minimum absolute atomic E-state index is 0. The normalized spacial score (nSPS) is 20.1. The van der Waals surface area contributed by atoms with Gasteiger partial charge in [-0.2, -0.15) is 0 Å². The van der Waals surface area contributed by atoms with Crippen molar-refractivity contribution < 1.29 is 4.79 Å². The Morgan fingerprint density at radius 2 is 2.04 bits per heavy atom. The van der Waals surface area contributed by atoms with Crippen LogP contribution in [0.5, 0.6) is 0 Å². The van der Waals surface area contributed by atoms with E-state index in [1.165, 1.54) is 17.7 Å².